The molecule has 0 fully saturated rings. The normalized spacial score (nSPS) is 12.6. The van der Waals surface area contributed by atoms with Gasteiger partial charge in [-0.2, -0.15) is 0 Å². The quantitative estimate of drug-likeness (QED) is 0.776. The molecule has 0 bridgehead atoms. The maximum Gasteiger partial charge on any atom is 0.148 e. The molecule has 96 valence electrons. The summed E-state index contributed by atoms with van der Waals surface area (Å²) >= 11 is 0. The van der Waals surface area contributed by atoms with E-state index in [1.165, 1.54) is 13.2 Å². The lowest BCUT2D eigenvalue weighted by atomic mass is 10.0. The molecule has 1 aromatic carbocycles. The number of ether oxygens (including phenoxy) is 1. The van der Waals surface area contributed by atoms with Gasteiger partial charge >= 0.3 is 0 Å². The zero-order valence-electron chi connectivity index (χ0n) is 10.9. The summed E-state index contributed by atoms with van der Waals surface area (Å²) in [5, 5.41) is 3.13. The Kier molecular flexibility index (Phi) is 4.61. The highest BCUT2D eigenvalue weighted by Gasteiger charge is 2.11. The minimum absolute atomic E-state index is 0.206. The van der Waals surface area contributed by atoms with Crippen molar-refractivity contribution >= 4 is 11.4 Å². The second kappa shape index (κ2) is 5.75. The van der Waals surface area contributed by atoms with Gasteiger partial charge < -0.3 is 15.8 Å². The van der Waals surface area contributed by atoms with E-state index in [4.69, 9.17) is 10.5 Å². The average Bonchev–Trinajstić information content (AvgIpc) is 2.20. The molecule has 1 atom stereocenters. The van der Waals surface area contributed by atoms with Crippen molar-refractivity contribution < 1.29 is 9.13 Å². The van der Waals surface area contributed by atoms with Crippen LogP contribution in [0.5, 0.6) is 5.75 Å². The van der Waals surface area contributed by atoms with E-state index in [-0.39, 0.29) is 11.9 Å². The van der Waals surface area contributed by atoms with Gasteiger partial charge in [0.15, 0.2) is 0 Å². The van der Waals surface area contributed by atoms with E-state index in [0.717, 1.165) is 6.42 Å². The first-order valence-electron chi connectivity index (χ1n) is 5.83. The maximum atomic E-state index is 13.7. The van der Waals surface area contributed by atoms with Gasteiger partial charge in [-0.3, -0.25) is 0 Å². The molecule has 0 radical (unpaired) electrons. The highest BCUT2D eigenvalue weighted by Crippen LogP contribution is 2.29. The van der Waals surface area contributed by atoms with E-state index in [1.807, 2.05) is 6.92 Å². The van der Waals surface area contributed by atoms with E-state index in [9.17, 15) is 4.39 Å². The molecule has 4 heteroatoms. The minimum Gasteiger partial charge on any atom is -0.495 e. The molecule has 0 spiro atoms. The van der Waals surface area contributed by atoms with Gasteiger partial charge in [0, 0.05) is 18.2 Å². The minimum atomic E-state index is -0.348. The number of benzene rings is 1. The van der Waals surface area contributed by atoms with Crippen LogP contribution < -0.4 is 15.8 Å². The topological polar surface area (TPSA) is 47.3 Å². The Labute approximate surface area is 102 Å². The van der Waals surface area contributed by atoms with Gasteiger partial charge in [0.05, 0.1) is 18.5 Å². The van der Waals surface area contributed by atoms with Crippen LogP contribution in [0.1, 0.15) is 27.2 Å². The Morgan fingerprint density at radius 1 is 1.35 bits per heavy atom. The molecule has 1 aromatic rings. The van der Waals surface area contributed by atoms with Crippen molar-refractivity contribution in [3.63, 3.8) is 0 Å². The van der Waals surface area contributed by atoms with Crippen LogP contribution in [0.25, 0.3) is 0 Å². The first kappa shape index (κ1) is 13.6. The highest BCUT2D eigenvalue weighted by molar-refractivity contribution is 5.62. The third-order valence-electron chi connectivity index (χ3n) is 2.55. The van der Waals surface area contributed by atoms with Crippen LogP contribution in [-0.2, 0) is 0 Å². The summed E-state index contributed by atoms with van der Waals surface area (Å²) in [6.45, 7) is 6.30. The highest BCUT2D eigenvalue weighted by atomic mass is 19.1. The molecule has 0 aliphatic rings. The fourth-order valence-electron chi connectivity index (χ4n) is 1.89. The smallest absolute Gasteiger partial charge is 0.148 e. The molecule has 0 saturated heterocycles. The predicted molar refractivity (Wildman–Crippen MR) is 69.9 cm³/mol. The molecular weight excluding hydrogens is 219 g/mol. The molecule has 1 unspecified atom stereocenters. The average molecular weight is 240 g/mol. The number of halogens is 1. The van der Waals surface area contributed by atoms with Crippen molar-refractivity contribution in [2.75, 3.05) is 18.2 Å². The third kappa shape index (κ3) is 3.80. The standard InChI is InChI=1S/C13H21FN2O/c1-8(2)5-9(3)16-12-7-13(17-4)11(15)6-10(12)14/h6-9,16H,5,15H2,1-4H3. The first-order valence-corrected chi connectivity index (χ1v) is 5.83. The van der Waals surface area contributed by atoms with Gasteiger partial charge in [-0.1, -0.05) is 13.8 Å². The van der Waals surface area contributed by atoms with E-state index in [0.29, 0.717) is 23.0 Å². The van der Waals surface area contributed by atoms with Crippen molar-refractivity contribution in [3.8, 4) is 5.75 Å². The van der Waals surface area contributed by atoms with Crippen molar-refractivity contribution in [2.24, 2.45) is 5.92 Å². The van der Waals surface area contributed by atoms with Crippen LogP contribution in [0, 0.1) is 11.7 Å². The molecule has 0 aliphatic heterocycles. The Morgan fingerprint density at radius 3 is 2.53 bits per heavy atom. The number of nitrogens with two attached hydrogens (primary N) is 1. The Hall–Kier alpha value is -1.45. The zero-order valence-corrected chi connectivity index (χ0v) is 10.9. The zero-order chi connectivity index (χ0) is 13.0. The van der Waals surface area contributed by atoms with Crippen LogP contribution in [0.2, 0.25) is 0 Å². The van der Waals surface area contributed by atoms with Gasteiger partial charge in [0.2, 0.25) is 0 Å². The summed E-state index contributed by atoms with van der Waals surface area (Å²) in [5.41, 5.74) is 6.37. The second-order valence-corrected chi connectivity index (χ2v) is 4.75. The Morgan fingerprint density at radius 2 is 2.00 bits per heavy atom. The molecule has 0 saturated carbocycles. The van der Waals surface area contributed by atoms with Crippen molar-refractivity contribution in [3.05, 3.63) is 17.9 Å². The number of hydrogen-bond acceptors (Lipinski definition) is 3. The van der Waals surface area contributed by atoms with E-state index in [2.05, 4.69) is 19.2 Å². The summed E-state index contributed by atoms with van der Waals surface area (Å²) < 4.78 is 18.7. The summed E-state index contributed by atoms with van der Waals surface area (Å²) in [5.74, 6) is 0.709. The maximum absolute atomic E-state index is 13.7. The number of methoxy groups -OCH3 is 1. The lowest BCUT2D eigenvalue weighted by Gasteiger charge is -2.18. The number of nitrogens with one attached hydrogen (secondary N) is 1. The molecule has 0 aliphatic carbocycles. The Bertz CT molecular complexity index is 380. The van der Waals surface area contributed by atoms with E-state index in [1.54, 1.807) is 6.07 Å². The summed E-state index contributed by atoms with van der Waals surface area (Å²) in [7, 11) is 1.52. The Balaban J connectivity index is 2.83. The predicted octanol–water partition coefficient (Wildman–Crippen LogP) is 3.26. The largest absolute Gasteiger partial charge is 0.495 e. The van der Waals surface area contributed by atoms with Gasteiger partial charge in [-0.15, -0.1) is 0 Å². The van der Waals surface area contributed by atoms with Crippen molar-refractivity contribution in [2.45, 2.75) is 33.2 Å². The van der Waals surface area contributed by atoms with Crippen molar-refractivity contribution in [1.82, 2.24) is 0 Å². The monoisotopic (exact) mass is 240 g/mol. The summed E-state index contributed by atoms with van der Waals surface area (Å²) in [6.07, 6.45) is 0.978. The fourth-order valence-corrected chi connectivity index (χ4v) is 1.89. The molecule has 3 nitrogen and oxygen atoms in total. The molecule has 17 heavy (non-hydrogen) atoms. The van der Waals surface area contributed by atoms with Crippen molar-refractivity contribution in [1.29, 1.82) is 0 Å². The van der Waals surface area contributed by atoms with Gasteiger partial charge in [0.25, 0.3) is 0 Å². The van der Waals surface area contributed by atoms with Crippen LogP contribution >= 0.6 is 0 Å². The fraction of sp³-hybridized carbons (Fsp3) is 0.538. The SMILES string of the molecule is COc1cc(NC(C)CC(C)C)c(F)cc1N. The van der Waals surface area contributed by atoms with E-state index >= 15 is 0 Å². The van der Waals surface area contributed by atoms with Crippen LogP contribution in [-0.4, -0.2) is 13.2 Å². The molecule has 0 aromatic heterocycles. The van der Waals surface area contributed by atoms with Crippen LogP contribution in [0.4, 0.5) is 15.8 Å². The van der Waals surface area contributed by atoms with Gasteiger partial charge in [-0.25, -0.2) is 4.39 Å². The molecule has 0 amide bonds. The molecule has 0 heterocycles. The van der Waals surface area contributed by atoms with Crippen LogP contribution in [0.3, 0.4) is 0 Å². The number of nitrogen functional groups attached to an aromatic ring is 1. The van der Waals surface area contributed by atoms with E-state index < -0.39 is 0 Å². The summed E-state index contributed by atoms with van der Waals surface area (Å²) in [6, 6.07) is 3.09. The molecule has 3 N–H and O–H groups in total. The number of anilines is 2. The lowest BCUT2D eigenvalue weighted by molar-refractivity contribution is 0.416. The lowest BCUT2D eigenvalue weighted by Crippen LogP contribution is -2.18. The number of rotatable bonds is 5. The van der Waals surface area contributed by atoms with Gasteiger partial charge in [-0.05, 0) is 19.3 Å². The van der Waals surface area contributed by atoms with Crippen LogP contribution in [0.15, 0.2) is 12.1 Å². The number of hydrogen-bond donors (Lipinski definition) is 2. The molecular formula is C13H21FN2O. The first-order chi connectivity index (χ1) is 7.93. The third-order valence-corrected chi connectivity index (χ3v) is 2.55. The molecule has 1 rings (SSSR count). The van der Waals surface area contributed by atoms with Gasteiger partial charge in [0.1, 0.15) is 11.6 Å². The second-order valence-electron chi connectivity index (χ2n) is 4.75. The summed E-state index contributed by atoms with van der Waals surface area (Å²) in [4.78, 5) is 0.